The number of amides is 2. The summed E-state index contributed by atoms with van der Waals surface area (Å²) in [6.45, 7) is 1.95. The van der Waals surface area contributed by atoms with Gasteiger partial charge in [0.1, 0.15) is 11.6 Å². The number of fused-ring (bicyclic) bond motifs is 2. The van der Waals surface area contributed by atoms with Crippen molar-refractivity contribution in [1.29, 1.82) is 0 Å². The summed E-state index contributed by atoms with van der Waals surface area (Å²) >= 11 is 1.57. The summed E-state index contributed by atoms with van der Waals surface area (Å²) in [7, 11) is 0. The van der Waals surface area contributed by atoms with Crippen LogP contribution in [0.4, 0.5) is 4.79 Å². The van der Waals surface area contributed by atoms with E-state index in [0.717, 1.165) is 41.7 Å². The van der Waals surface area contributed by atoms with Crippen molar-refractivity contribution in [2.75, 3.05) is 6.54 Å². The van der Waals surface area contributed by atoms with E-state index < -0.39 is 0 Å². The monoisotopic (exact) mass is 331 g/mol. The average Bonchev–Trinajstić information content (AvgIpc) is 3.26. The second-order valence-electron chi connectivity index (χ2n) is 5.47. The molecule has 0 radical (unpaired) electrons. The fourth-order valence-electron chi connectivity index (χ4n) is 2.78. The highest BCUT2D eigenvalue weighted by Crippen LogP contribution is 2.14. The highest BCUT2D eigenvalue weighted by atomic mass is 32.1. The van der Waals surface area contributed by atoms with Crippen molar-refractivity contribution in [1.82, 2.24) is 34.8 Å². The van der Waals surface area contributed by atoms with Gasteiger partial charge >= 0.3 is 6.03 Å². The van der Waals surface area contributed by atoms with Gasteiger partial charge in [-0.3, -0.25) is 4.40 Å². The number of imidazole rings is 1. The SMILES string of the molecule is O=C(NCCc1nnc2n1CCC2)NCc1cn2ccsc2n1. The first-order chi connectivity index (χ1) is 11.3. The molecule has 2 amide bonds. The zero-order chi connectivity index (χ0) is 15.6. The van der Waals surface area contributed by atoms with E-state index in [4.69, 9.17) is 0 Å². The maximum absolute atomic E-state index is 11.8. The van der Waals surface area contributed by atoms with Gasteiger partial charge in [-0.1, -0.05) is 0 Å². The first-order valence-corrected chi connectivity index (χ1v) is 8.51. The van der Waals surface area contributed by atoms with Crippen molar-refractivity contribution >= 4 is 22.3 Å². The van der Waals surface area contributed by atoms with E-state index >= 15 is 0 Å². The van der Waals surface area contributed by atoms with Gasteiger partial charge in [0.15, 0.2) is 4.96 Å². The molecule has 8 nitrogen and oxygen atoms in total. The zero-order valence-corrected chi connectivity index (χ0v) is 13.3. The van der Waals surface area contributed by atoms with Crippen LogP contribution in [0.1, 0.15) is 23.8 Å². The van der Waals surface area contributed by atoms with Crippen LogP contribution in [0.25, 0.3) is 4.96 Å². The van der Waals surface area contributed by atoms with Crippen molar-refractivity contribution in [2.24, 2.45) is 0 Å². The second-order valence-corrected chi connectivity index (χ2v) is 6.35. The Labute approximate surface area is 136 Å². The third-order valence-corrected chi connectivity index (χ3v) is 4.66. The Kier molecular flexibility index (Phi) is 3.70. The molecule has 3 aromatic heterocycles. The Morgan fingerprint density at radius 3 is 3.22 bits per heavy atom. The van der Waals surface area contributed by atoms with Crippen LogP contribution in [0.5, 0.6) is 0 Å². The third-order valence-electron chi connectivity index (χ3n) is 3.89. The Hall–Kier alpha value is -2.42. The summed E-state index contributed by atoms with van der Waals surface area (Å²) in [6.07, 6.45) is 6.71. The molecule has 0 unspecified atom stereocenters. The minimum atomic E-state index is -0.192. The molecule has 0 atom stereocenters. The van der Waals surface area contributed by atoms with E-state index in [-0.39, 0.29) is 6.03 Å². The summed E-state index contributed by atoms with van der Waals surface area (Å²) in [4.78, 5) is 17.2. The quantitative estimate of drug-likeness (QED) is 0.729. The molecule has 23 heavy (non-hydrogen) atoms. The number of hydrogen-bond donors (Lipinski definition) is 2. The molecule has 0 fully saturated rings. The molecule has 0 saturated heterocycles. The molecule has 0 saturated carbocycles. The number of carbonyl (C=O) groups excluding carboxylic acids is 1. The van der Waals surface area contributed by atoms with E-state index in [9.17, 15) is 4.79 Å². The summed E-state index contributed by atoms with van der Waals surface area (Å²) < 4.78 is 4.10. The number of rotatable bonds is 5. The van der Waals surface area contributed by atoms with Gasteiger partial charge in [-0.25, -0.2) is 9.78 Å². The predicted octanol–water partition coefficient (Wildman–Crippen LogP) is 0.975. The van der Waals surface area contributed by atoms with Crippen molar-refractivity contribution in [3.8, 4) is 0 Å². The molecule has 0 aliphatic carbocycles. The minimum absolute atomic E-state index is 0.192. The Bertz CT molecular complexity index is 805. The van der Waals surface area contributed by atoms with Gasteiger partial charge in [0, 0.05) is 43.7 Å². The molecule has 4 rings (SSSR count). The smallest absolute Gasteiger partial charge is 0.315 e. The molecule has 2 N–H and O–H groups in total. The molecule has 1 aliphatic heterocycles. The highest BCUT2D eigenvalue weighted by molar-refractivity contribution is 7.15. The van der Waals surface area contributed by atoms with E-state index in [1.165, 1.54) is 0 Å². The summed E-state index contributed by atoms with van der Waals surface area (Å²) in [5.74, 6) is 2.01. The van der Waals surface area contributed by atoms with Gasteiger partial charge in [0.2, 0.25) is 0 Å². The molecule has 9 heteroatoms. The van der Waals surface area contributed by atoms with Crippen LogP contribution < -0.4 is 10.6 Å². The van der Waals surface area contributed by atoms with Crippen LogP contribution >= 0.6 is 11.3 Å². The maximum Gasteiger partial charge on any atom is 0.315 e. The number of nitrogens with zero attached hydrogens (tertiary/aromatic N) is 5. The molecular formula is C14H17N7OS. The average molecular weight is 331 g/mol. The Morgan fingerprint density at radius 2 is 2.30 bits per heavy atom. The molecule has 0 spiro atoms. The topological polar surface area (TPSA) is 89.1 Å². The van der Waals surface area contributed by atoms with Crippen molar-refractivity contribution < 1.29 is 4.79 Å². The van der Waals surface area contributed by atoms with Gasteiger partial charge in [0.25, 0.3) is 0 Å². The lowest BCUT2D eigenvalue weighted by Crippen LogP contribution is -2.36. The maximum atomic E-state index is 11.8. The first-order valence-electron chi connectivity index (χ1n) is 7.63. The van der Waals surface area contributed by atoms with Gasteiger partial charge in [-0.15, -0.1) is 21.5 Å². The van der Waals surface area contributed by atoms with Crippen molar-refractivity contribution in [2.45, 2.75) is 32.4 Å². The number of nitrogens with one attached hydrogen (secondary N) is 2. The van der Waals surface area contributed by atoms with Crippen LogP contribution in [0.3, 0.4) is 0 Å². The molecule has 0 aromatic carbocycles. The third kappa shape index (κ3) is 2.91. The molecular weight excluding hydrogens is 314 g/mol. The van der Waals surface area contributed by atoms with Gasteiger partial charge in [-0.2, -0.15) is 0 Å². The van der Waals surface area contributed by atoms with Crippen molar-refractivity contribution in [3.63, 3.8) is 0 Å². The second kappa shape index (κ2) is 5.99. The van der Waals surface area contributed by atoms with Crippen LogP contribution in [0.2, 0.25) is 0 Å². The summed E-state index contributed by atoms with van der Waals surface area (Å²) in [6, 6.07) is -0.192. The standard InChI is InChI=1S/C14H17N7OS/c22-13(16-8-10-9-20-6-7-23-14(20)17-10)15-4-3-12-19-18-11-2-1-5-21(11)12/h6-7,9H,1-5,8H2,(H2,15,16,22). The molecule has 1 aliphatic rings. The van der Waals surface area contributed by atoms with E-state index in [1.54, 1.807) is 11.3 Å². The van der Waals surface area contributed by atoms with Crippen molar-refractivity contribution in [3.05, 3.63) is 35.1 Å². The van der Waals surface area contributed by atoms with Crippen LogP contribution in [-0.2, 0) is 25.9 Å². The lowest BCUT2D eigenvalue weighted by Gasteiger charge is -2.06. The minimum Gasteiger partial charge on any atom is -0.338 e. The van der Waals surface area contributed by atoms with E-state index in [0.29, 0.717) is 19.5 Å². The normalized spacial score (nSPS) is 13.4. The van der Waals surface area contributed by atoms with Crippen LogP contribution in [0.15, 0.2) is 17.8 Å². The number of aromatic nitrogens is 5. The lowest BCUT2D eigenvalue weighted by atomic mass is 10.4. The zero-order valence-electron chi connectivity index (χ0n) is 12.5. The van der Waals surface area contributed by atoms with Gasteiger partial charge in [0.05, 0.1) is 12.2 Å². The number of urea groups is 1. The van der Waals surface area contributed by atoms with Crippen LogP contribution in [0, 0.1) is 0 Å². The number of hydrogen-bond acceptors (Lipinski definition) is 5. The lowest BCUT2D eigenvalue weighted by molar-refractivity contribution is 0.240. The number of aryl methyl sites for hydroxylation is 1. The molecule has 0 bridgehead atoms. The fourth-order valence-corrected chi connectivity index (χ4v) is 3.50. The summed E-state index contributed by atoms with van der Waals surface area (Å²) in [5.41, 5.74) is 0.849. The summed E-state index contributed by atoms with van der Waals surface area (Å²) in [5, 5.41) is 16.0. The predicted molar refractivity (Wildman–Crippen MR) is 85.4 cm³/mol. The number of carbonyl (C=O) groups is 1. The largest absolute Gasteiger partial charge is 0.338 e. The molecule has 4 heterocycles. The van der Waals surface area contributed by atoms with Gasteiger partial charge in [-0.05, 0) is 6.42 Å². The van der Waals surface area contributed by atoms with Gasteiger partial charge < -0.3 is 15.2 Å². The van der Waals surface area contributed by atoms with E-state index in [1.807, 2.05) is 22.2 Å². The number of thiazole rings is 1. The fraction of sp³-hybridized carbons (Fsp3) is 0.429. The Balaban J connectivity index is 1.23. The first kappa shape index (κ1) is 14.2. The molecule has 3 aromatic rings. The Morgan fingerprint density at radius 1 is 1.35 bits per heavy atom. The highest BCUT2D eigenvalue weighted by Gasteiger charge is 2.16. The van der Waals surface area contributed by atoms with E-state index in [2.05, 4.69) is 30.4 Å². The van der Waals surface area contributed by atoms with Crippen LogP contribution in [-0.4, -0.2) is 36.7 Å². The molecule has 120 valence electrons.